The lowest BCUT2D eigenvalue weighted by Gasteiger charge is -2.27. The van der Waals surface area contributed by atoms with Crippen molar-refractivity contribution in [3.8, 4) is 0 Å². The summed E-state index contributed by atoms with van der Waals surface area (Å²) >= 11 is 0. The number of benzene rings is 2. The molecule has 134 valence electrons. The van der Waals surface area contributed by atoms with Gasteiger partial charge in [0.15, 0.2) is 18.1 Å². The highest BCUT2D eigenvalue weighted by Gasteiger charge is 2.39. The lowest BCUT2D eigenvalue weighted by Crippen LogP contribution is -2.42. The molecule has 0 radical (unpaired) electrons. The van der Waals surface area contributed by atoms with Crippen LogP contribution >= 0.6 is 0 Å². The summed E-state index contributed by atoms with van der Waals surface area (Å²) in [6.07, 6.45) is -1.37. The first-order valence-corrected chi connectivity index (χ1v) is 8.32. The van der Waals surface area contributed by atoms with Crippen molar-refractivity contribution in [3.05, 3.63) is 66.2 Å². The number of carbonyl (C=O) groups excluding carboxylic acids is 2. The molecule has 2 aromatic carbocycles. The summed E-state index contributed by atoms with van der Waals surface area (Å²) in [4.78, 5) is 23.8. The van der Waals surface area contributed by atoms with Crippen molar-refractivity contribution in [2.75, 3.05) is 11.6 Å². The Labute approximate surface area is 152 Å². The Morgan fingerprint density at radius 1 is 1.04 bits per heavy atom. The minimum absolute atomic E-state index is 0.140. The van der Waals surface area contributed by atoms with Gasteiger partial charge in [0.2, 0.25) is 0 Å². The van der Waals surface area contributed by atoms with Crippen LogP contribution in [0.5, 0.6) is 0 Å². The maximum Gasteiger partial charge on any atom is 0.303 e. The molecule has 1 aliphatic heterocycles. The molecule has 0 amide bonds. The van der Waals surface area contributed by atoms with Crippen molar-refractivity contribution in [1.29, 1.82) is 0 Å². The maximum absolute atomic E-state index is 12.4. The largest absolute Gasteiger partial charge is 0.451 e. The Morgan fingerprint density at radius 2 is 1.65 bits per heavy atom. The molecular formula is C20H20N2O4. The molecule has 0 saturated carbocycles. The van der Waals surface area contributed by atoms with Crippen molar-refractivity contribution in [2.24, 2.45) is 5.10 Å². The van der Waals surface area contributed by atoms with Gasteiger partial charge in [0.25, 0.3) is 0 Å². The summed E-state index contributed by atoms with van der Waals surface area (Å²) < 4.78 is 11.2. The highest BCUT2D eigenvalue weighted by molar-refractivity contribution is 5.97. The number of nitrogens with zero attached hydrogens (tertiary/aromatic N) is 2. The van der Waals surface area contributed by atoms with Gasteiger partial charge in [0, 0.05) is 12.5 Å². The fourth-order valence-electron chi connectivity index (χ4n) is 2.75. The molecule has 26 heavy (non-hydrogen) atoms. The first kappa shape index (κ1) is 17.8. The number of esters is 1. The molecule has 0 fully saturated rings. The van der Waals surface area contributed by atoms with E-state index in [4.69, 9.17) is 9.47 Å². The first-order valence-electron chi connectivity index (χ1n) is 8.32. The highest BCUT2D eigenvalue weighted by Crippen LogP contribution is 2.27. The standard InChI is InChI=1S/C20H20N2O4/c1-14-19(26-15(2)23)20(22(21-14)17-11-7-4-8-12-17)25-13-18(24)16-9-5-3-6-10-16/h3-12,19-20H,13H2,1-2H3. The molecule has 0 bridgehead atoms. The molecule has 2 unspecified atom stereocenters. The van der Waals surface area contributed by atoms with E-state index in [-0.39, 0.29) is 12.4 Å². The van der Waals surface area contributed by atoms with Crippen LogP contribution in [0.1, 0.15) is 24.2 Å². The lowest BCUT2D eigenvalue weighted by atomic mass is 10.1. The van der Waals surface area contributed by atoms with Gasteiger partial charge in [-0.2, -0.15) is 5.10 Å². The summed E-state index contributed by atoms with van der Waals surface area (Å²) in [5.41, 5.74) is 1.97. The van der Waals surface area contributed by atoms with E-state index in [0.717, 1.165) is 5.69 Å². The molecule has 1 aliphatic rings. The SMILES string of the molecule is CC(=O)OC1C(C)=NN(c2ccccc2)C1OCC(=O)c1ccccc1. The number of para-hydroxylation sites is 1. The summed E-state index contributed by atoms with van der Waals surface area (Å²) in [5, 5.41) is 6.10. The van der Waals surface area contributed by atoms with Crippen LogP contribution in [-0.4, -0.2) is 36.4 Å². The van der Waals surface area contributed by atoms with Gasteiger partial charge < -0.3 is 9.47 Å². The van der Waals surface area contributed by atoms with Crippen LogP contribution < -0.4 is 5.01 Å². The van der Waals surface area contributed by atoms with E-state index in [9.17, 15) is 9.59 Å². The summed E-state index contributed by atoms with van der Waals surface area (Å²) in [5.74, 6) is -0.577. The van der Waals surface area contributed by atoms with Gasteiger partial charge in [-0.1, -0.05) is 48.5 Å². The third-order valence-corrected chi connectivity index (χ3v) is 3.97. The van der Waals surface area contributed by atoms with E-state index in [1.54, 1.807) is 36.2 Å². The molecule has 0 N–H and O–H groups in total. The van der Waals surface area contributed by atoms with Crippen molar-refractivity contribution < 1.29 is 19.1 Å². The molecule has 6 heteroatoms. The second-order valence-corrected chi connectivity index (χ2v) is 5.94. The molecule has 0 aliphatic carbocycles. The lowest BCUT2D eigenvalue weighted by molar-refractivity contribution is -0.148. The Morgan fingerprint density at radius 3 is 2.27 bits per heavy atom. The van der Waals surface area contributed by atoms with Crippen molar-refractivity contribution in [1.82, 2.24) is 0 Å². The van der Waals surface area contributed by atoms with Crippen LogP contribution in [-0.2, 0) is 14.3 Å². The van der Waals surface area contributed by atoms with Gasteiger partial charge >= 0.3 is 5.97 Å². The molecule has 2 aromatic rings. The van der Waals surface area contributed by atoms with E-state index in [2.05, 4.69) is 5.10 Å². The Kier molecular flexibility index (Phi) is 5.43. The third kappa shape index (κ3) is 3.97. The fraction of sp³-hybridized carbons (Fsp3) is 0.250. The molecule has 0 spiro atoms. The number of rotatable bonds is 6. The van der Waals surface area contributed by atoms with Crippen molar-refractivity contribution in [2.45, 2.75) is 26.2 Å². The smallest absolute Gasteiger partial charge is 0.303 e. The molecule has 0 saturated heterocycles. The van der Waals surface area contributed by atoms with E-state index in [1.165, 1.54) is 6.92 Å². The number of hydrogen-bond acceptors (Lipinski definition) is 6. The monoisotopic (exact) mass is 352 g/mol. The number of carbonyl (C=O) groups is 2. The number of hydrogen-bond donors (Lipinski definition) is 0. The summed E-state index contributed by atoms with van der Waals surface area (Å²) in [6.45, 7) is 2.97. The van der Waals surface area contributed by atoms with Gasteiger partial charge in [-0.15, -0.1) is 0 Å². The number of anilines is 1. The van der Waals surface area contributed by atoms with Crippen LogP contribution in [0, 0.1) is 0 Å². The molecule has 1 heterocycles. The van der Waals surface area contributed by atoms with Gasteiger partial charge in [0.1, 0.15) is 6.61 Å². The quantitative estimate of drug-likeness (QED) is 0.590. The second kappa shape index (κ2) is 7.93. The van der Waals surface area contributed by atoms with Crippen LogP contribution in [0.25, 0.3) is 0 Å². The molecule has 3 rings (SSSR count). The zero-order valence-corrected chi connectivity index (χ0v) is 14.7. The third-order valence-electron chi connectivity index (χ3n) is 3.97. The Hall–Kier alpha value is -2.99. The van der Waals surface area contributed by atoms with Crippen LogP contribution in [0.15, 0.2) is 65.8 Å². The molecule has 6 nitrogen and oxygen atoms in total. The number of ketones is 1. The average Bonchev–Trinajstić information content (AvgIpc) is 2.96. The van der Waals surface area contributed by atoms with Gasteiger partial charge in [-0.3, -0.25) is 9.59 Å². The number of Topliss-reactive ketones (excluding diaryl/α,β-unsaturated/α-hetero) is 1. The van der Waals surface area contributed by atoms with E-state index in [0.29, 0.717) is 11.3 Å². The zero-order valence-electron chi connectivity index (χ0n) is 14.7. The first-order chi connectivity index (χ1) is 12.6. The summed E-state index contributed by atoms with van der Waals surface area (Å²) in [7, 11) is 0. The Balaban J connectivity index is 1.79. The number of hydrazone groups is 1. The zero-order chi connectivity index (χ0) is 18.5. The van der Waals surface area contributed by atoms with Crippen LogP contribution in [0.2, 0.25) is 0 Å². The topological polar surface area (TPSA) is 68.2 Å². The van der Waals surface area contributed by atoms with Crippen LogP contribution in [0.3, 0.4) is 0 Å². The molecule has 2 atom stereocenters. The Bertz CT molecular complexity index is 805. The fourth-order valence-corrected chi connectivity index (χ4v) is 2.75. The predicted octanol–water partition coefficient (Wildman–Crippen LogP) is 3.04. The van der Waals surface area contributed by atoms with Gasteiger partial charge in [-0.25, -0.2) is 5.01 Å². The molecule has 0 aromatic heterocycles. The van der Waals surface area contributed by atoms with E-state index < -0.39 is 18.3 Å². The highest BCUT2D eigenvalue weighted by atomic mass is 16.6. The van der Waals surface area contributed by atoms with E-state index in [1.807, 2.05) is 36.4 Å². The van der Waals surface area contributed by atoms with Crippen molar-refractivity contribution >= 4 is 23.2 Å². The minimum Gasteiger partial charge on any atom is -0.451 e. The second-order valence-electron chi connectivity index (χ2n) is 5.94. The van der Waals surface area contributed by atoms with Gasteiger partial charge in [-0.05, 0) is 19.1 Å². The number of ether oxygens (including phenoxy) is 2. The normalized spacial score (nSPS) is 19.2. The average molecular weight is 352 g/mol. The predicted molar refractivity (Wildman–Crippen MR) is 98.1 cm³/mol. The van der Waals surface area contributed by atoms with Crippen molar-refractivity contribution in [3.63, 3.8) is 0 Å². The van der Waals surface area contributed by atoms with Crippen LogP contribution in [0.4, 0.5) is 5.69 Å². The minimum atomic E-state index is -0.700. The summed E-state index contributed by atoms with van der Waals surface area (Å²) in [6, 6.07) is 18.3. The molecular weight excluding hydrogens is 332 g/mol. The maximum atomic E-state index is 12.4. The van der Waals surface area contributed by atoms with E-state index >= 15 is 0 Å². The van der Waals surface area contributed by atoms with Gasteiger partial charge in [0.05, 0.1) is 11.4 Å².